The van der Waals surface area contributed by atoms with Gasteiger partial charge in [0.05, 0.1) is 13.2 Å². The Balaban J connectivity index is 3.89. The predicted octanol–water partition coefficient (Wildman–Crippen LogP) is 9.56. The molecule has 4 N–H and O–H groups in total. The summed E-state index contributed by atoms with van der Waals surface area (Å²) >= 11 is 0. The first-order valence-corrected chi connectivity index (χ1v) is 21.6. The first-order chi connectivity index (χ1) is 24.1. The van der Waals surface area contributed by atoms with Crippen molar-refractivity contribution in [2.45, 2.75) is 206 Å². The maximum Gasteiger partial charge on any atom is 0.472 e. The van der Waals surface area contributed by atoms with Crippen LogP contribution < -0.4 is 5.32 Å². The number of phosphoric acid groups is 1. The van der Waals surface area contributed by atoms with Gasteiger partial charge in [0.2, 0.25) is 5.91 Å². The largest absolute Gasteiger partial charge is 0.480 e. The molecule has 11 nitrogen and oxygen atoms in total. The highest BCUT2D eigenvalue weighted by atomic mass is 31.2. The molecule has 0 heterocycles. The Morgan fingerprint density at radius 3 is 1.32 bits per heavy atom. The van der Waals surface area contributed by atoms with Crippen LogP contribution >= 0.6 is 7.82 Å². The molecule has 0 aliphatic heterocycles. The minimum absolute atomic E-state index is 0.153. The van der Waals surface area contributed by atoms with Crippen molar-refractivity contribution in [3.63, 3.8) is 0 Å². The van der Waals surface area contributed by atoms with Crippen LogP contribution in [0.2, 0.25) is 0 Å². The Bertz CT molecular complexity index is 875. The van der Waals surface area contributed by atoms with Crippen molar-refractivity contribution >= 4 is 25.7 Å². The van der Waals surface area contributed by atoms with Crippen molar-refractivity contribution in [1.82, 2.24) is 5.32 Å². The van der Waals surface area contributed by atoms with E-state index < -0.39 is 57.6 Å². The van der Waals surface area contributed by atoms with Crippen LogP contribution in [0.4, 0.5) is 0 Å². The van der Waals surface area contributed by atoms with Gasteiger partial charge in [0.1, 0.15) is 12.7 Å². The van der Waals surface area contributed by atoms with Crippen LogP contribution in [0.15, 0.2) is 0 Å². The van der Waals surface area contributed by atoms with Crippen molar-refractivity contribution in [3.05, 3.63) is 0 Å². The zero-order chi connectivity index (χ0) is 37.1. The van der Waals surface area contributed by atoms with E-state index in [4.69, 9.17) is 13.8 Å². The Labute approximate surface area is 304 Å². The molecule has 50 heavy (non-hydrogen) atoms. The molecule has 1 amide bonds. The maximum atomic E-state index is 12.3. The quantitative estimate of drug-likeness (QED) is 0.0272. The lowest BCUT2D eigenvalue weighted by Crippen LogP contribution is -2.43. The molecule has 3 unspecified atom stereocenters. The molecule has 0 aromatic heterocycles. The highest BCUT2D eigenvalue weighted by molar-refractivity contribution is 7.47. The third-order valence-corrected chi connectivity index (χ3v) is 9.85. The number of rotatable bonds is 38. The molecule has 0 saturated carbocycles. The average Bonchev–Trinajstić information content (AvgIpc) is 3.08. The van der Waals surface area contributed by atoms with Gasteiger partial charge in [-0.05, 0) is 12.8 Å². The van der Waals surface area contributed by atoms with Gasteiger partial charge in [0, 0.05) is 12.8 Å². The number of carbonyl (C=O) groups excluding carboxylic acids is 2. The second-order valence-electron chi connectivity index (χ2n) is 13.8. The lowest BCUT2D eigenvalue weighted by Gasteiger charge is -2.18. The number of esters is 1. The Kier molecular flexibility index (Phi) is 33.5. The second-order valence-corrected chi connectivity index (χ2v) is 15.3. The maximum absolute atomic E-state index is 12.3. The number of aliphatic carboxylic acids is 1. The zero-order valence-corrected chi connectivity index (χ0v) is 32.6. The third-order valence-electron chi connectivity index (χ3n) is 8.90. The summed E-state index contributed by atoms with van der Waals surface area (Å²) in [6.07, 6.45) is 30.0. The third kappa shape index (κ3) is 33.6. The summed E-state index contributed by atoms with van der Waals surface area (Å²) in [6.45, 7) is 2.56. The fraction of sp³-hybridized carbons (Fsp3) is 0.921. The molecule has 0 spiro atoms. The van der Waals surface area contributed by atoms with Gasteiger partial charge < -0.3 is 25.2 Å². The minimum Gasteiger partial charge on any atom is -0.480 e. The number of aliphatic hydroxyl groups excluding tert-OH is 1. The van der Waals surface area contributed by atoms with Gasteiger partial charge in [0.25, 0.3) is 0 Å². The van der Waals surface area contributed by atoms with Crippen molar-refractivity contribution in [2.75, 3.05) is 19.8 Å². The molecule has 296 valence electrons. The first kappa shape index (κ1) is 48.5. The number of carbonyl (C=O) groups is 3. The van der Waals surface area contributed by atoms with Gasteiger partial charge in [-0.3, -0.25) is 18.6 Å². The topological polar surface area (TPSA) is 169 Å². The minimum atomic E-state index is -4.74. The number of carboxylic acid groups (broad SMARTS) is 1. The van der Waals surface area contributed by atoms with Crippen LogP contribution in [0.25, 0.3) is 0 Å². The number of aliphatic hydroxyl groups is 1. The summed E-state index contributed by atoms with van der Waals surface area (Å²) in [4.78, 5) is 45.6. The van der Waals surface area contributed by atoms with E-state index in [1.54, 1.807) is 0 Å². The molecular formula is C38H74NO10P. The molecule has 0 aromatic carbocycles. The number of phosphoric ester groups is 1. The van der Waals surface area contributed by atoms with Gasteiger partial charge in [-0.2, -0.15) is 0 Å². The molecular weight excluding hydrogens is 661 g/mol. The summed E-state index contributed by atoms with van der Waals surface area (Å²) in [6, 6.07) is -1.54. The smallest absolute Gasteiger partial charge is 0.472 e. The van der Waals surface area contributed by atoms with Crippen LogP contribution in [0.5, 0.6) is 0 Å². The summed E-state index contributed by atoms with van der Waals surface area (Å²) in [5.41, 5.74) is 0. The van der Waals surface area contributed by atoms with Gasteiger partial charge in [-0.1, -0.05) is 168 Å². The fourth-order valence-electron chi connectivity index (χ4n) is 5.73. The molecule has 3 atom stereocenters. The first-order valence-electron chi connectivity index (χ1n) is 20.1. The fourth-order valence-corrected chi connectivity index (χ4v) is 6.50. The van der Waals surface area contributed by atoms with Crippen molar-refractivity contribution in [3.8, 4) is 0 Å². The van der Waals surface area contributed by atoms with Crippen LogP contribution in [0.1, 0.15) is 194 Å². The summed E-state index contributed by atoms with van der Waals surface area (Å²) < 4.78 is 26.7. The average molecular weight is 736 g/mol. The van der Waals surface area contributed by atoms with Gasteiger partial charge in [-0.15, -0.1) is 0 Å². The monoisotopic (exact) mass is 736 g/mol. The number of ether oxygens (including phenoxy) is 1. The van der Waals surface area contributed by atoms with Gasteiger partial charge in [0.15, 0.2) is 6.04 Å². The lowest BCUT2D eigenvalue weighted by molar-refractivity contribution is -0.147. The Morgan fingerprint density at radius 2 is 0.920 bits per heavy atom. The van der Waals surface area contributed by atoms with Gasteiger partial charge >= 0.3 is 19.8 Å². The van der Waals surface area contributed by atoms with E-state index >= 15 is 0 Å². The van der Waals surface area contributed by atoms with E-state index in [1.165, 1.54) is 116 Å². The summed E-state index contributed by atoms with van der Waals surface area (Å²) in [7, 11) is -4.74. The SMILES string of the molecule is CCCCCCCCCCCCCCCCCCCCC(=O)NC(COP(=O)(O)OCC(O)COC(=O)CCCCCCCCCC)C(=O)O. The highest BCUT2D eigenvalue weighted by Gasteiger charge is 2.28. The van der Waals surface area contributed by atoms with Gasteiger partial charge in [-0.25, -0.2) is 9.36 Å². The van der Waals surface area contributed by atoms with E-state index in [9.17, 15) is 34.1 Å². The van der Waals surface area contributed by atoms with E-state index in [-0.39, 0.29) is 12.8 Å². The molecule has 0 aliphatic carbocycles. The molecule has 0 radical (unpaired) electrons. The molecule has 0 rings (SSSR count). The van der Waals surface area contributed by atoms with Crippen molar-refractivity contribution < 1.29 is 47.8 Å². The number of carboxylic acids is 1. The number of amides is 1. The molecule has 12 heteroatoms. The summed E-state index contributed by atoms with van der Waals surface area (Å²) in [5, 5.41) is 21.7. The number of nitrogens with one attached hydrogen (secondary N) is 1. The van der Waals surface area contributed by atoms with Crippen molar-refractivity contribution in [1.29, 1.82) is 0 Å². The van der Waals surface area contributed by atoms with E-state index in [0.29, 0.717) is 12.8 Å². The number of unbranched alkanes of at least 4 members (excludes halogenated alkanes) is 24. The van der Waals surface area contributed by atoms with Crippen molar-refractivity contribution in [2.24, 2.45) is 0 Å². The van der Waals surface area contributed by atoms with E-state index in [2.05, 4.69) is 19.2 Å². The molecule has 0 aliphatic rings. The lowest BCUT2D eigenvalue weighted by atomic mass is 10.0. The molecule has 0 fully saturated rings. The molecule has 0 aromatic rings. The van der Waals surface area contributed by atoms with E-state index in [1.807, 2.05) is 0 Å². The van der Waals surface area contributed by atoms with Crippen LogP contribution in [0.3, 0.4) is 0 Å². The second kappa shape index (κ2) is 34.6. The molecule has 0 saturated heterocycles. The predicted molar refractivity (Wildman–Crippen MR) is 199 cm³/mol. The van der Waals surface area contributed by atoms with Crippen LogP contribution in [-0.2, 0) is 32.7 Å². The Hall–Kier alpha value is -1.52. The summed E-state index contributed by atoms with van der Waals surface area (Å²) in [5.74, 6) is -2.36. The normalized spacial score (nSPS) is 13.8. The van der Waals surface area contributed by atoms with E-state index in [0.717, 1.165) is 38.5 Å². The number of hydrogen-bond acceptors (Lipinski definition) is 8. The standard InChI is InChI=1S/C38H74NO10P/c1-3-5-7-9-11-13-14-15-16-17-18-19-20-21-22-23-25-27-29-36(41)39-35(38(43)44)33-49-50(45,46)48-32-34(40)31-47-37(42)30-28-26-24-12-10-8-6-4-2/h34-35,40H,3-33H2,1-2H3,(H,39,41)(H,43,44)(H,45,46). The number of hydrogen-bond donors (Lipinski definition) is 4. The zero-order valence-electron chi connectivity index (χ0n) is 31.7. The highest BCUT2D eigenvalue weighted by Crippen LogP contribution is 2.43. The van der Waals surface area contributed by atoms with Crippen LogP contribution in [-0.4, -0.2) is 64.9 Å². The Morgan fingerprint density at radius 1 is 0.560 bits per heavy atom. The van der Waals surface area contributed by atoms with Crippen LogP contribution in [0, 0.1) is 0 Å². The molecule has 0 bridgehead atoms.